The number of fused-ring (bicyclic) bond motifs is 5. The number of Topliss-reactive ketones (excluding diaryl/α,β-unsaturated/α-hetero) is 3. The van der Waals surface area contributed by atoms with E-state index >= 15 is 0 Å². The van der Waals surface area contributed by atoms with Crippen LogP contribution in [0, 0.1) is 35.5 Å². The van der Waals surface area contributed by atoms with Crippen molar-refractivity contribution in [2.75, 3.05) is 39.7 Å². The molecule has 21 nitrogen and oxygen atoms in total. The van der Waals surface area contributed by atoms with Crippen molar-refractivity contribution in [2.45, 2.75) is 200 Å². The van der Waals surface area contributed by atoms with E-state index in [-0.39, 0.29) is 80.5 Å². The lowest BCUT2D eigenvalue weighted by molar-refractivity contribution is -0.266. The van der Waals surface area contributed by atoms with Crippen molar-refractivity contribution in [3.05, 3.63) is 78.2 Å². The van der Waals surface area contributed by atoms with Crippen LogP contribution < -0.4 is 10.5 Å². The number of nitrogens with one attached hydrogen (secondary N) is 1. The van der Waals surface area contributed by atoms with Crippen molar-refractivity contribution in [3.8, 4) is 17.1 Å². The Morgan fingerprint density at radius 1 is 0.876 bits per heavy atom. The van der Waals surface area contributed by atoms with E-state index in [9.17, 15) is 39.3 Å². The average molecular weight is 1230 g/mol. The lowest BCUT2D eigenvalue weighted by Gasteiger charge is -2.43. The van der Waals surface area contributed by atoms with E-state index < -0.39 is 83.9 Å². The molecule has 89 heavy (non-hydrogen) atoms. The predicted molar refractivity (Wildman–Crippen MR) is 337 cm³/mol. The maximum Gasteiger partial charge on any atom is 0.329 e. The first kappa shape index (κ1) is 68.4. The number of allylic oxidation sites excluding steroid dienone is 6. The molecule has 486 valence electrons. The zero-order valence-corrected chi connectivity index (χ0v) is 53.8. The maximum absolute atomic E-state index is 14.7. The molecule has 1 amide bonds. The molecule has 1 unspecified atom stereocenters. The molecule has 2 saturated heterocycles. The number of carbonyl (C=O) groups excluding carboxylic acids is 5. The second-order valence-electron chi connectivity index (χ2n) is 25.9. The highest BCUT2D eigenvalue weighted by Gasteiger charge is 2.53. The van der Waals surface area contributed by atoms with Crippen molar-refractivity contribution in [1.29, 1.82) is 0 Å². The number of H-pyrrole nitrogens is 1. The van der Waals surface area contributed by atoms with Crippen molar-refractivity contribution in [1.82, 2.24) is 29.6 Å². The van der Waals surface area contributed by atoms with Gasteiger partial charge in [0.25, 0.3) is 11.7 Å². The number of hydrogen-bond acceptors (Lipinski definition) is 18. The number of aliphatic hydroxyl groups excluding tert-OH is 2. The van der Waals surface area contributed by atoms with Gasteiger partial charge in [0.2, 0.25) is 5.79 Å². The van der Waals surface area contributed by atoms with Gasteiger partial charge >= 0.3 is 5.97 Å². The number of hydrogen-bond donors (Lipinski definition) is 5. The molecule has 1 aliphatic carbocycles. The van der Waals surface area contributed by atoms with Crippen molar-refractivity contribution >= 4 is 57.0 Å². The second-order valence-corrected chi connectivity index (χ2v) is 25.9. The molecule has 2 bridgehead atoms. The standard InChI is InChI=1S/C68H95N7O14/c1-38(2)75-65-58(64(69)70-37-71-65)59(73-75)51-34-47-33-48(23-24-50(47)72-51)86-27-28-87-55-35-49-22-20-45(9)68(83,89-49)63(80)66(81)74-26-16-15-19-52(74)67(82)88-56(42(6)31-46-21-25-53(76)57(32-46)84-10)36-54(77)41(5)30-44(8)61(79)62(85-11)60(78)43(7)29-39(3)17-13-12-14-18-40(55)4/h12-14,17-18,23-24,30,33-34,37-39,41-43,45-46,49,52-53,55-57,61-62,72,76,79,83H,15-16,19-22,25-29,31-32,35-36H2,1-11H3,(H2,69,70,71)/b14-12+,17-13+,40-18-,44-30+/t39-,41-,42?,43-,45-,46-,49+,52+,53-,55-,56+,57-,61-,62+,68-/m1/s1. The molecule has 0 radical (unpaired) electrons. The number of rotatable bonds is 12. The number of anilines is 1. The fourth-order valence-electron chi connectivity index (χ4n) is 13.3. The molecule has 21 heteroatoms. The second kappa shape index (κ2) is 30.6. The highest BCUT2D eigenvalue weighted by atomic mass is 16.6. The van der Waals surface area contributed by atoms with E-state index in [1.165, 1.54) is 18.3 Å². The Morgan fingerprint density at radius 2 is 1.65 bits per heavy atom. The number of nitrogens with two attached hydrogens (primary N) is 1. The van der Waals surface area contributed by atoms with Crippen LogP contribution in [0.4, 0.5) is 5.82 Å². The van der Waals surface area contributed by atoms with Gasteiger partial charge in [-0.2, -0.15) is 5.10 Å². The summed E-state index contributed by atoms with van der Waals surface area (Å²) in [6.45, 7) is 17.0. The third kappa shape index (κ3) is 16.4. The maximum atomic E-state index is 14.7. The van der Waals surface area contributed by atoms with Crippen molar-refractivity contribution < 1.29 is 67.7 Å². The Bertz CT molecular complexity index is 3260. The molecule has 1 aromatic carbocycles. The summed E-state index contributed by atoms with van der Waals surface area (Å²) in [5.41, 5.74) is 10.4. The molecule has 15 atom stereocenters. The SMILES string of the molecule is CO[C@@H]1C[C@@H](CC(C)[C@@H]2CC(=O)[C@H](C)/C=C(\C)[C@@H](O)[C@@H](OC)C(=O)[C@H](C)C[C@H](C)/C=C/C=C/C=C(/C)[C@H](OCCOc3ccc4[nH]c(-c5nn(C(C)C)c6ncnc(N)c56)cc4c3)C[C@@H]3CC[C@@H](C)[C@@](O)(O3)C(=O)C(=O)N3CCCC[C@H]3C(=O)O2)CC[C@H]1O. The van der Waals surface area contributed by atoms with Gasteiger partial charge in [-0.05, 0) is 145 Å². The molecule has 0 spiro atoms. The summed E-state index contributed by atoms with van der Waals surface area (Å²) in [5.74, 6) is -7.56. The number of aromatic amines is 1. The van der Waals surface area contributed by atoms with Crippen LogP contribution in [0.3, 0.4) is 0 Å². The number of piperidine rings is 1. The van der Waals surface area contributed by atoms with E-state index in [1.807, 2.05) is 101 Å². The molecule has 6 heterocycles. The molecule has 3 aromatic heterocycles. The van der Waals surface area contributed by atoms with Gasteiger partial charge in [0, 0.05) is 68.3 Å². The minimum absolute atomic E-state index is 0.0297. The summed E-state index contributed by atoms with van der Waals surface area (Å²) >= 11 is 0. The third-order valence-corrected chi connectivity index (χ3v) is 18.7. The Morgan fingerprint density at radius 3 is 2.39 bits per heavy atom. The quantitative estimate of drug-likeness (QED) is 0.0382. The van der Waals surface area contributed by atoms with Crippen LogP contribution in [0.25, 0.3) is 33.3 Å². The topological polar surface area (TPSA) is 290 Å². The van der Waals surface area contributed by atoms with E-state index in [0.717, 1.165) is 22.2 Å². The molecule has 8 rings (SSSR count). The highest BCUT2D eigenvalue weighted by Crippen LogP contribution is 2.39. The number of aromatic nitrogens is 5. The van der Waals surface area contributed by atoms with Crippen molar-refractivity contribution in [2.24, 2.45) is 35.5 Å². The first-order valence-electron chi connectivity index (χ1n) is 31.9. The van der Waals surface area contributed by atoms with Gasteiger partial charge in [0.1, 0.15) is 60.3 Å². The van der Waals surface area contributed by atoms with Gasteiger partial charge in [-0.15, -0.1) is 0 Å². The Hall–Kier alpha value is -6.46. The first-order valence-corrected chi connectivity index (χ1v) is 31.9. The van der Waals surface area contributed by atoms with E-state index in [2.05, 4.69) is 15.0 Å². The minimum Gasteiger partial charge on any atom is -0.491 e. The Kier molecular flexibility index (Phi) is 23.5. The predicted octanol–water partition coefficient (Wildman–Crippen LogP) is 9.08. The van der Waals surface area contributed by atoms with Crippen LogP contribution in [0.5, 0.6) is 5.75 Å². The first-order chi connectivity index (χ1) is 42.4. The number of amides is 1. The fourth-order valence-corrected chi connectivity index (χ4v) is 13.3. The minimum atomic E-state index is -2.53. The van der Waals surface area contributed by atoms with Crippen LogP contribution in [0.15, 0.2) is 78.2 Å². The summed E-state index contributed by atoms with van der Waals surface area (Å²) in [5, 5.41) is 41.0. The number of ether oxygens (including phenoxy) is 6. The van der Waals surface area contributed by atoms with Crippen LogP contribution in [0.2, 0.25) is 0 Å². The lowest BCUT2D eigenvalue weighted by Crippen LogP contribution is -2.61. The largest absolute Gasteiger partial charge is 0.491 e. The molecule has 1 saturated carbocycles. The molecule has 6 N–H and O–H groups in total. The highest BCUT2D eigenvalue weighted by molar-refractivity contribution is 6.39. The zero-order valence-electron chi connectivity index (χ0n) is 53.8. The van der Waals surface area contributed by atoms with Crippen LogP contribution in [-0.4, -0.2) is 163 Å². The number of nitrogen functional groups attached to an aromatic ring is 1. The smallest absolute Gasteiger partial charge is 0.329 e. The number of ketones is 3. The van der Waals surface area contributed by atoms with Gasteiger partial charge in [0.15, 0.2) is 11.4 Å². The van der Waals surface area contributed by atoms with E-state index in [4.69, 9.17) is 39.3 Å². The number of aliphatic hydroxyl groups is 3. The molecule has 4 aromatic rings. The molecular formula is C68H95N7O14. The zero-order chi connectivity index (χ0) is 64.4. The van der Waals surface area contributed by atoms with Gasteiger partial charge in [0.05, 0.1) is 42.1 Å². The Labute approximate surface area is 522 Å². The van der Waals surface area contributed by atoms with Crippen LogP contribution in [-0.2, 0) is 47.7 Å². The molecule has 3 fully saturated rings. The summed E-state index contributed by atoms with van der Waals surface area (Å²) in [6, 6.07) is 6.53. The molecule has 3 aliphatic heterocycles. The summed E-state index contributed by atoms with van der Waals surface area (Å²) in [7, 11) is 2.94. The van der Waals surface area contributed by atoms with Gasteiger partial charge in [-0.3, -0.25) is 19.2 Å². The number of methoxy groups -OCH3 is 2. The number of esters is 1. The van der Waals surface area contributed by atoms with Crippen LogP contribution in [0.1, 0.15) is 145 Å². The normalized spacial score (nSPS) is 32.9. The van der Waals surface area contributed by atoms with Gasteiger partial charge in [-0.25, -0.2) is 19.4 Å². The number of benzene rings is 1. The van der Waals surface area contributed by atoms with Crippen molar-refractivity contribution in [3.63, 3.8) is 0 Å². The summed E-state index contributed by atoms with van der Waals surface area (Å²) < 4.78 is 38.7. The lowest BCUT2D eigenvalue weighted by atomic mass is 9.78. The van der Waals surface area contributed by atoms with E-state index in [1.54, 1.807) is 34.0 Å². The number of carbonyl (C=O) groups is 5. The monoisotopic (exact) mass is 1230 g/mol. The number of cyclic esters (lactones) is 1. The van der Waals surface area contributed by atoms with Gasteiger partial charge in [-0.1, -0.05) is 71.1 Å². The molecule has 4 aliphatic rings. The van der Waals surface area contributed by atoms with Gasteiger partial charge < -0.3 is 59.4 Å². The summed E-state index contributed by atoms with van der Waals surface area (Å²) in [6.07, 6.45) is 11.6. The molecular weight excluding hydrogens is 1140 g/mol. The Balaban J connectivity index is 1.04. The summed E-state index contributed by atoms with van der Waals surface area (Å²) in [4.78, 5) is 85.6. The van der Waals surface area contributed by atoms with Crippen LogP contribution >= 0.6 is 0 Å². The average Bonchev–Trinajstić information content (AvgIpc) is 1.89. The third-order valence-electron chi connectivity index (χ3n) is 18.7. The van der Waals surface area contributed by atoms with E-state index in [0.29, 0.717) is 91.7 Å². The fraction of sp³-hybridized carbons (Fsp3) is 0.618. The number of nitrogens with zero attached hydrogens (tertiary/aromatic N) is 5.